The summed E-state index contributed by atoms with van der Waals surface area (Å²) in [6, 6.07) is 9.64. The maximum atomic E-state index is 5.81. The summed E-state index contributed by atoms with van der Waals surface area (Å²) < 4.78 is 0. The number of rotatable bonds is 5. The standard InChI is InChI=1S/C12H12ClN3S/c13-10-2-4-11(5-3-10)17-9-8-16-12-14-6-1-7-15-12/h1-7H,8-9H2,(H,14,15,16). The first-order valence-electron chi connectivity index (χ1n) is 5.24. The van der Waals surface area contributed by atoms with Crippen molar-refractivity contribution in [2.45, 2.75) is 4.90 Å². The predicted octanol–water partition coefficient (Wildman–Crippen LogP) is 3.33. The summed E-state index contributed by atoms with van der Waals surface area (Å²) in [6.45, 7) is 0.831. The number of halogens is 1. The van der Waals surface area contributed by atoms with Gasteiger partial charge in [-0.25, -0.2) is 9.97 Å². The number of anilines is 1. The van der Waals surface area contributed by atoms with E-state index < -0.39 is 0 Å². The van der Waals surface area contributed by atoms with Crippen LogP contribution in [0.4, 0.5) is 5.95 Å². The van der Waals surface area contributed by atoms with Gasteiger partial charge in [-0.3, -0.25) is 0 Å². The monoisotopic (exact) mass is 265 g/mol. The Labute approximate surface area is 110 Å². The van der Waals surface area contributed by atoms with Crippen molar-refractivity contribution in [3.05, 3.63) is 47.7 Å². The smallest absolute Gasteiger partial charge is 0.222 e. The van der Waals surface area contributed by atoms with Crippen LogP contribution in [0.2, 0.25) is 5.02 Å². The molecule has 0 fully saturated rings. The zero-order chi connectivity index (χ0) is 11.9. The Kier molecular flexibility index (Phi) is 4.64. The number of aromatic nitrogens is 2. The third kappa shape index (κ3) is 4.24. The molecule has 0 radical (unpaired) electrons. The molecule has 0 aliphatic carbocycles. The summed E-state index contributed by atoms with van der Waals surface area (Å²) in [5, 5.41) is 3.93. The lowest BCUT2D eigenvalue weighted by Gasteiger charge is -2.04. The molecule has 2 rings (SSSR count). The van der Waals surface area contributed by atoms with E-state index in [-0.39, 0.29) is 0 Å². The van der Waals surface area contributed by atoms with Crippen molar-refractivity contribution in [1.29, 1.82) is 0 Å². The van der Waals surface area contributed by atoms with Gasteiger partial charge in [0.25, 0.3) is 0 Å². The molecule has 1 aromatic carbocycles. The quantitative estimate of drug-likeness (QED) is 0.665. The van der Waals surface area contributed by atoms with Gasteiger partial charge in [0.15, 0.2) is 0 Å². The molecule has 0 saturated heterocycles. The SMILES string of the molecule is Clc1ccc(SCCNc2ncccn2)cc1. The van der Waals surface area contributed by atoms with Crippen LogP contribution in [-0.4, -0.2) is 22.3 Å². The molecule has 2 aromatic rings. The van der Waals surface area contributed by atoms with E-state index in [0.717, 1.165) is 17.3 Å². The van der Waals surface area contributed by atoms with Gasteiger partial charge in [0.1, 0.15) is 0 Å². The fraction of sp³-hybridized carbons (Fsp3) is 0.167. The second-order valence-corrected chi connectivity index (χ2v) is 4.91. The summed E-state index contributed by atoms with van der Waals surface area (Å²) in [6.07, 6.45) is 3.45. The molecule has 0 spiro atoms. The van der Waals surface area contributed by atoms with Crippen molar-refractivity contribution in [1.82, 2.24) is 9.97 Å². The normalized spacial score (nSPS) is 10.2. The number of thioether (sulfide) groups is 1. The van der Waals surface area contributed by atoms with Gasteiger partial charge in [-0.1, -0.05) is 11.6 Å². The van der Waals surface area contributed by atoms with Crippen LogP contribution in [0.1, 0.15) is 0 Å². The van der Waals surface area contributed by atoms with Crippen LogP contribution < -0.4 is 5.32 Å². The molecule has 17 heavy (non-hydrogen) atoms. The van der Waals surface area contributed by atoms with E-state index in [1.54, 1.807) is 30.2 Å². The number of hydrogen-bond donors (Lipinski definition) is 1. The fourth-order valence-corrected chi connectivity index (χ4v) is 2.15. The van der Waals surface area contributed by atoms with E-state index in [2.05, 4.69) is 15.3 Å². The first-order chi connectivity index (χ1) is 8.34. The lowest BCUT2D eigenvalue weighted by Crippen LogP contribution is -2.06. The van der Waals surface area contributed by atoms with Crippen LogP contribution in [-0.2, 0) is 0 Å². The van der Waals surface area contributed by atoms with Crippen molar-refractivity contribution < 1.29 is 0 Å². The van der Waals surface area contributed by atoms with Gasteiger partial charge >= 0.3 is 0 Å². The van der Waals surface area contributed by atoms with E-state index in [0.29, 0.717) is 5.95 Å². The maximum Gasteiger partial charge on any atom is 0.222 e. The zero-order valence-corrected chi connectivity index (χ0v) is 10.7. The maximum absolute atomic E-state index is 5.81. The molecule has 0 aliphatic heterocycles. The molecule has 0 atom stereocenters. The minimum Gasteiger partial charge on any atom is -0.353 e. The molecule has 3 nitrogen and oxygen atoms in total. The van der Waals surface area contributed by atoms with Crippen LogP contribution in [0.5, 0.6) is 0 Å². The van der Waals surface area contributed by atoms with Crippen molar-refractivity contribution in [3.63, 3.8) is 0 Å². The molecule has 88 valence electrons. The third-order valence-corrected chi connectivity index (χ3v) is 3.30. The molecule has 5 heteroatoms. The summed E-state index contributed by atoms with van der Waals surface area (Å²) in [5.74, 6) is 1.63. The Morgan fingerprint density at radius 2 is 1.82 bits per heavy atom. The first kappa shape index (κ1) is 12.2. The van der Waals surface area contributed by atoms with Crippen LogP contribution in [0.25, 0.3) is 0 Å². The van der Waals surface area contributed by atoms with Crippen LogP contribution in [0.15, 0.2) is 47.6 Å². The Morgan fingerprint density at radius 1 is 1.12 bits per heavy atom. The predicted molar refractivity (Wildman–Crippen MR) is 72.7 cm³/mol. The topological polar surface area (TPSA) is 37.8 Å². The Balaban J connectivity index is 1.71. The van der Waals surface area contributed by atoms with E-state index in [9.17, 15) is 0 Å². The van der Waals surface area contributed by atoms with Gasteiger partial charge in [-0.15, -0.1) is 11.8 Å². The number of benzene rings is 1. The van der Waals surface area contributed by atoms with E-state index in [1.807, 2.05) is 24.3 Å². The molecule has 0 saturated carbocycles. The molecule has 0 bridgehead atoms. The van der Waals surface area contributed by atoms with Gasteiger partial charge in [0.05, 0.1) is 0 Å². The second-order valence-electron chi connectivity index (χ2n) is 3.30. The Bertz CT molecular complexity index is 447. The molecule has 1 aromatic heterocycles. The Morgan fingerprint density at radius 3 is 2.53 bits per heavy atom. The highest BCUT2D eigenvalue weighted by Crippen LogP contribution is 2.19. The lowest BCUT2D eigenvalue weighted by atomic mass is 10.4. The van der Waals surface area contributed by atoms with Crippen LogP contribution >= 0.6 is 23.4 Å². The van der Waals surface area contributed by atoms with E-state index in [4.69, 9.17) is 11.6 Å². The average molecular weight is 266 g/mol. The van der Waals surface area contributed by atoms with Gasteiger partial charge in [0, 0.05) is 34.6 Å². The average Bonchev–Trinajstić information content (AvgIpc) is 2.38. The van der Waals surface area contributed by atoms with Gasteiger partial charge in [0.2, 0.25) is 5.95 Å². The molecule has 0 unspecified atom stereocenters. The van der Waals surface area contributed by atoms with E-state index in [1.165, 1.54) is 4.90 Å². The van der Waals surface area contributed by atoms with Gasteiger partial charge < -0.3 is 5.32 Å². The van der Waals surface area contributed by atoms with Crippen LogP contribution in [0.3, 0.4) is 0 Å². The fourth-order valence-electron chi connectivity index (χ4n) is 1.25. The van der Waals surface area contributed by atoms with Gasteiger partial charge in [-0.05, 0) is 30.3 Å². The largest absolute Gasteiger partial charge is 0.353 e. The molecule has 0 aliphatic rings. The van der Waals surface area contributed by atoms with Gasteiger partial charge in [-0.2, -0.15) is 0 Å². The molecular weight excluding hydrogens is 254 g/mol. The number of hydrogen-bond acceptors (Lipinski definition) is 4. The highest BCUT2D eigenvalue weighted by molar-refractivity contribution is 7.99. The summed E-state index contributed by atoms with van der Waals surface area (Å²) in [4.78, 5) is 9.39. The second kappa shape index (κ2) is 6.47. The zero-order valence-electron chi connectivity index (χ0n) is 9.14. The van der Waals surface area contributed by atoms with Crippen molar-refractivity contribution in [2.24, 2.45) is 0 Å². The third-order valence-electron chi connectivity index (χ3n) is 2.03. The van der Waals surface area contributed by atoms with Crippen molar-refractivity contribution >= 4 is 29.3 Å². The number of nitrogens with one attached hydrogen (secondary N) is 1. The first-order valence-corrected chi connectivity index (χ1v) is 6.60. The lowest BCUT2D eigenvalue weighted by molar-refractivity contribution is 1.09. The highest BCUT2D eigenvalue weighted by Gasteiger charge is 1.95. The summed E-state index contributed by atoms with van der Waals surface area (Å²) in [7, 11) is 0. The highest BCUT2D eigenvalue weighted by atomic mass is 35.5. The minimum absolute atomic E-state index is 0.671. The Hall–Kier alpha value is -1.26. The molecule has 1 N–H and O–H groups in total. The van der Waals surface area contributed by atoms with E-state index >= 15 is 0 Å². The van der Waals surface area contributed by atoms with Crippen LogP contribution in [0, 0.1) is 0 Å². The molecule has 1 heterocycles. The van der Waals surface area contributed by atoms with Crippen molar-refractivity contribution in [3.8, 4) is 0 Å². The number of nitrogens with zero attached hydrogens (tertiary/aromatic N) is 2. The molecular formula is C12H12ClN3S. The summed E-state index contributed by atoms with van der Waals surface area (Å²) >= 11 is 7.59. The minimum atomic E-state index is 0.671. The van der Waals surface area contributed by atoms with Crippen molar-refractivity contribution in [2.75, 3.05) is 17.6 Å². The summed E-state index contributed by atoms with van der Waals surface area (Å²) in [5.41, 5.74) is 0. The molecule has 0 amide bonds.